The van der Waals surface area contributed by atoms with Crippen molar-refractivity contribution in [3.8, 4) is 0 Å². The molecule has 0 saturated carbocycles. The summed E-state index contributed by atoms with van der Waals surface area (Å²) in [5, 5.41) is 6.07. The number of nitrogens with one attached hydrogen (secondary N) is 2. The number of hydrogen-bond acceptors (Lipinski definition) is 7. The minimum Gasteiger partial charge on any atom is -0.309 e. The molecule has 32 heavy (non-hydrogen) atoms. The highest BCUT2D eigenvalue weighted by molar-refractivity contribution is 7.99. The van der Waals surface area contributed by atoms with Crippen LogP contribution < -0.4 is 10.9 Å². The number of aromatic amines is 1. The Morgan fingerprint density at radius 2 is 1.97 bits per heavy atom. The van der Waals surface area contributed by atoms with Gasteiger partial charge in [0.25, 0.3) is 5.56 Å². The van der Waals surface area contributed by atoms with Crippen molar-refractivity contribution in [3.05, 3.63) is 63.0 Å². The number of aromatic nitrogens is 3. The Morgan fingerprint density at radius 3 is 2.81 bits per heavy atom. The zero-order valence-corrected chi connectivity index (χ0v) is 20.1. The van der Waals surface area contributed by atoms with Crippen LogP contribution in [0.25, 0.3) is 31.2 Å². The van der Waals surface area contributed by atoms with E-state index < -0.39 is 0 Å². The third-order valence-electron chi connectivity index (χ3n) is 5.44. The quantitative estimate of drug-likeness (QED) is 0.341. The van der Waals surface area contributed by atoms with E-state index in [4.69, 9.17) is 0 Å². The number of nitrogens with zero attached hydrogens (tertiary/aromatic N) is 2. The lowest BCUT2D eigenvalue weighted by atomic mass is 10.1. The Morgan fingerprint density at radius 1 is 1.16 bits per heavy atom. The van der Waals surface area contributed by atoms with E-state index in [-0.39, 0.29) is 16.7 Å². The van der Waals surface area contributed by atoms with E-state index in [1.807, 2.05) is 45.0 Å². The van der Waals surface area contributed by atoms with Gasteiger partial charge in [0.1, 0.15) is 10.7 Å². The second kappa shape index (κ2) is 8.31. The first-order valence-electron chi connectivity index (χ1n) is 10.1. The highest BCUT2D eigenvalue weighted by Gasteiger charge is 2.18. The predicted octanol–water partition coefficient (Wildman–Crippen LogP) is 5.62. The summed E-state index contributed by atoms with van der Waals surface area (Å²) < 4.78 is 1.04. The maximum atomic E-state index is 12.7. The lowest BCUT2D eigenvalue weighted by Gasteiger charge is -2.10. The first-order chi connectivity index (χ1) is 15.4. The fourth-order valence-electron chi connectivity index (χ4n) is 3.57. The number of carbonyl (C=O) groups is 1. The van der Waals surface area contributed by atoms with Crippen molar-refractivity contribution in [1.82, 2.24) is 15.0 Å². The van der Waals surface area contributed by atoms with Gasteiger partial charge in [-0.25, -0.2) is 9.97 Å². The SMILES string of the molecule is Cc1sc2nc(CSC(C)C(=O)Nc3nc4c(ccc5ccccc54)s3)[nH]c(=O)c2c1C. The molecule has 0 aliphatic heterocycles. The standard InChI is InChI=1S/C23H20N4O2S3/c1-11-12(2)31-22-18(11)21(29)24-17(25-22)10-30-13(3)20(28)27-23-26-19-15-7-5-4-6-14(15)8-9-16(19)32-23/h4-9,13H,10H2,1-3H3,(H,24,25,29)(H,26,27,28). The van der Waals surface area contributed by atoms with Crippen LogP contribution in [-0.4, -0.2) is 26.1 Å². The zero-order chi connectivity index (χ0) is 22.4. The summed E-state index contributed by atoms with van der Waals surface area (Å²) in [5.74, 6) is 0.907. The Balaban J connectivity index is 1.30. The fourth-order valence-corrected chi connectivity index (χ4v) is 6.26. The van der Waals surface area contributed by atoms with Crippen LogP contribution in [-0.2, 0) is 10.5 Å². The van der Waals surface area contributed by atoms with Crippen LogP contribution in [0.15, 0.2) is 41.2 Å². The molecule has 5 aromatic rings. The van der Waals surface area contributed by atoms with Gasteiger partial charge in [0, 0.05) is 10.3 Å². The summed E-state index contributed by atoms with van der Waals surface area (Å²) >= 11 is 4.43. The molecule has 2 N–H and O–H groups in total. The van der Waals surface area contributed by atoms with Gasteiger partial charge in [-0.1, -0.05) is 41.7 Å². The third-order valence-corrected chi connectivity index (χ3v) is 8.63. The van der Waals surface area contributed by atoms with Gasteiger partial charge in [0.2, 0.25) is 5.91 Å². The predicted molar refractivity (Wildman–Crippen MR) is 136 cm³/mol. The van der Waals surface area contributed by atoms with Gasteiger partial charge in [-0.15, -0.1) is 23.1 Å². The van der Waals surface area contributed by atoms with E-state index >= 15 is 0 Å². The number of amides is 1. The molecule has 0 aliphatic rings. The molecule has 1 atom stereocenters. The van der Waals surface area contributed by atoms with Crippen molar-refractivity contribution in [2.45, 2.75) is 31.8 Å². The molecule has 162 valence electrons. The molecule has 0 radical (unpaired) electrons. The van der Waals surface area contributed by atoms with E-state index in [9.17, 15) is 9.59 Å². The van der Waals surface area contributed by atoms with Crippen LogP contribution in [0.4, 0.5) is 5.13 Å². The van der Waals surface area contributed by atoms with Gasteiger partial charge in [-0.05, 0) is 37.8 Å². The Bertz CT molecular complexity index is 1550. The molecule has 0 saturated heterocycles. The third kappa shape index (κ3) is 3.80. The maximum absolute atomic E-state index is 12.7. The number of thiophene rings is 1. The van der Waals surface area contributed by atoms with Crippen LogP contribution in [0.3, 0.4) is 0 Å². The Labute approximate surface area is 196 Å². The number of thioether (sulfide) groups is 1. The number of rotatable bonds is 5. The highest BCUT2D eigenvalue weighted by atomic mass is 32.2. The molecule has 0 bridgehead atoms. The van der Waals surface area contributed by atoms with E-state index in [1.54, 1.807) is 0 Å². The van der Waals surface area contributed by atoms with Gasteiger partial charge in [-0.2, -0.15) is 0 Å². The first kappa shape index (κ1) is 21.1. The largest absolute Gasteiger partial charge is 0.309 e. The molecule has 1 amide bonds. The lowest BCUT2D eigenvalue weighted by Crippen LogP contribution is -2.22. The van der Waals surface area contributed by atoms with Crippen molar-refractivity contribution >= 4 is 76.7 Å². The van der Waals surface area contributed by atoms with Crippen molar-refractivity contribution in [2.24, 2.45) is 0 Å². The second-order valence-corrected chi connectivity index (χ2v) is 11.1. The van der Waals surface area contributed by atoms with Crippen molar-refractivity contribution in [1.29, 1.82) is 0 Å². The lowest BCUT2D eigenvalue weighted by molar-refractivity contribution is -0.115. The van der Waals surface area contributed by atoms with Crippen molar-refractivity contribution in [3.63, 3.8) is 0 Å². The summed E-state index contributed by atoms with van der Waals surface area (Å²) in [6, 6.07) is 12.2. The number of thiazole rings is 1. The molecule has 9 heteroatoms. The summed E-state index contributed by atoms with van der Waals surface area (Å²) in [4.78, 5) is 39.1. The van der Waals surface area contributed by atoms with Crippen LogP contribution in [0.1, 0.15) is 23.2 Å². The normalized spacial score (nSPS) is 12.6. The zero-order valence-electron chi connectivity index (χ0n) is 17.7. The molecule has 0 aliphatic carbocycles. The van der Waals surface area contributed by atoms with Crippen LogP contribution in [0.5, 0.6) is 0 Å². The minimum atomic E-state index is -0.327. The molecule has 5 rings (SSSR count). The number of carbonyl (C=O) groups excluding carboxylic acids is 1. The summed E-state index contributed by atoms with van der Waals surface area (Å²) in [5.41, 5.74) is 1.76. The first-order valence-corrected chi connectivity index (χ1v) is 12.8. The average molecular weight is 481 g/mol. The second-order valence-electron chi connectivity index (χ2n) is 7.57. The molecular formula is C23H20N4O2S3. The van der Waals surface area contributed by atoms with Crippen molar-refractivity contribution < 1.29 is 4.79 Å². The van der Waals surface area contributed by atoms with E-state index in [2.05, 4.69) is 32.4 Å². The smallest absolute Gasteiger partial charge is 0.259 e. The molecule has 1 unspecified atom stereocenters. The van der Waals surface area contributed by atoms with Gasteiger partial charge in [0.05, 0.1) is 26.6 Å². The van der Waals surface area contributed by atoms with Crippen molar-refractivity contribution in [2.75, 3.05) is 5.32 Å². The topological polar surface area (TPSA) is 87.7 Å². The number of H-pyrrole nitrogens is 1. The molecule has 6 nitrogen and oxygen atoms in total. The Hall–Kier alpha value is -2.75. The van der Waals surface area contributed by atoms with E-state index in [0.717, 1.165) is 36.3 Å². The number of hydrogen-bond donors (Lipinski definition) is 2. The molecule has 0 fully saturated rings. The van der Waals surface area contributed by atoms with E-state index in [1.165, 1.54) is 34.4 Å². The van der Waals surface area contributed by atoms with Gasteiger partial charge >= 0.3 is 0 Å². The van der Waals surface area contributed by atoms with Gasteiger partial charge in [0.15, 0.2) is 5.13 Å². The number of aryl methyl sites for hydroxylation is 2. The highest BCUT2D eigenvalue weighted by Crippen LogP contribution is 2.32. The number of fused-ring (bicyclic) bond motifs is 4. The van der Waals surface area contributed by atoms with Crippen LogP contribution >= 0.6 is 34.4 Å². The minimum absolute atomic E-state index is 0.119. The molecule has 2 aromatic carbocycles. The monoisotopic (exact) mass is 480 g/mol. The fraction of sp³-hybridized carbons (Fsp3) is 0.217. The van der Waals surface area contributed by atoms with Gasteiger partial charge < -0.3 is 10.3 Å². The summed E-state index contributed by atoms with van der Waals surface area (Å²) in [6.07, 6.45) is 0. The molecule has 0 spiro atoms. The maximum Gasteiger partial charge on any atom is 0.259 e. The van der Waals surface area contributed by atoms with Crippen LogP contribution in [0, 0.1) is 13.8 Å². The molecule has 3 heterocycles. The van der Waals surface area contributed by atoms with Gasteiger partial charge in [-0.3, -0.25) is 9.59 Å². The Kier molecular flexibility index (Phi) is 5.48. The number of anilines is 1. The van der Waals surface area contributed by atoms with E-state index in [0.29, 0.717) is 22.1 Å². The number of benzene rings is 2. The molecular weight excluding hydrogens is 460 g/mol. The summed E-state index contributed by atoms with van der Waals surface area (Å²) in [6.45, 7) is 5.78. The average Bonchev–Trinajstić information content (AvgIpc) is 3.32. The summed E-state index contributed by atoms with van der Waals surface area (Å²) in [7, 11) is 0. The molecule has 3 aromatic heterocycles. The van der Waals surface area contributed by atoms with Crippen LogP contribution in [0.2, 0.25) is 0 Å².